The van der Waals surface area contributed by atoms with Crippen LogP contribution in [-0.2, 0) is 4.79 Å². The molecule has 0 radical (unpaired) electrons. The lowest BCUT2D eigenvalue weighted by Gasteiger charge is -2.15. The second kappa shape index (κ2) is 5.03. The lowest BCUT2D eigenvalue weighted by molar-refractivity contribution is -0.137. The summed E-state index contributed by atoms with van der Waals surface area (Å²) in [5, 5.41) is 20.4. The summed E-state index contributed by atoms with van der Waals surface area (Å²) in [7, 11) is 1.47. The molecule has 1 aromatic carbocycles. The molecule has 1 rings (SSSR count). The van der Waals surface area contributed by atoms with Gasteiger partial charge in [0.2, 0.25) is 0 Å². The first-order chi connectivity index (χ1) is 7.60. The predicted octanol–water partition coefficient (Wildman–Crippen LogP) is 1.45. The van der Waals surface area contributed by atoms with Crippen molar-refractivity contribution in [3.63, 3.8) is 0 Å². The highest BCUT2D eigenvalue weighted by molar-refractivity contribution is 5.79. The zero-order valence-corrected chi connectivity index (χ0v) is 9.02. The summed E-state index contributed by atoms with van der Waals surface area (Å²) in [6.45, 7) is 1.50. The van der Waals surface area contributed by atoms with Gasteiger partial charge in [0.1, 0.15) is 17.9 Å². The fraction of sp³-hybridized carbons (Fsp3) is 0.273. The molecular weight excluding hydrogens is 208 g/mol. The van der Waals surface area contributed by atoms with Crippen LogP contribution in [0.25, 0.3) is 0 Å². The van der Waals surface area contributed by atoms with E-state index in [9.17, 15) is 4.79 Å². The number of nitrogens with one attached hydrogen (secondary N) is 1. The van der Waals surface area contributed by atoms with Crippen molar-refractivity contribution >= 4 is 11.7 Å². The summed E-state index contributed by atoms with van der Waals surface area (Å²) in [5.41, 5.74) is 0.759. The Labute approximate surface area is 93.3 Å². The minimum atomic E-state index is -0.991. The van der Waals surface area contributed by atoms with E-state index in [4.69, 9.17) is 15.1 Å². The number of anilines is 1. The molecule has 5 heteroatoms. The molecule has 0 aliphatic rings. The van der Waals surface area contributed by atoms with Crippen molar-refractivity contribution in [2.75, 3.05) is 12.4 Å². The molecule has 0 aliphatic heterocycles. The Morgan fingerprint density at radius 2 is 2.31 bits per heavy atom. The molecule has 0 saturated carbocycles. The Morgan fingerprint density at radius 1 is 1.62 bits per heavy atom. The average Bonchev–Trinajstić information content (AvgIpc) is 2.29. The van der Waals surface area contributed by atoms with E-state index in [0.717, 1.165) is 0 Å². The molecular formula is C11H12N2O3. The van der Waals surface area contributed by atoms with Crippen LogP contribution in [-0.4, -0.2) is 24.2 Å². The van der Waals surface area contributed by atoms with Crippen molar-refractivity contribution in [3.05, 3.63) is 23.8 Å². The summed E-state index contributed by atoms with van der Waals surface area (Å²) in [4.78, 5) is 10.7. The van der Waals surface area contributed by atoms with Gasteiger partial charge in [0.15, 0.2) is 0 Å². The zero-order chi connectivity index (χ0) is 12.1. The number of carbonyl (C=O) groups is 1. The number of nitrogens with zero attached hydrogens (tertiary/aromatic N) is 1. The Bertz CT molecular complexity index is 437. The van der Waals surface area contributed by atoms with Gasteiger partial charge in [-0.25, -0.2) is 0 Å². The zero-order valence-electron chi connectivity index (χ0n) is 9.02. The summed E-state index contributed by atoms with van der Waals surface area (Å²) in [6.07, 6.45) is 0. The number of hydrogen-bond donors (Lipinski definition) is 2. The highest BCUT2D eigenvalue weighted by Gasteiger charge is 2.15. The van der Waals surface area contributed by atoms with E-state index >= 15 is 0 Å². The third kappa shape index (κ3) is 2.42. The van der Waals surface area contributed by atoms with Crippen molar-refractivity contribution < 1.29 is 14.6 Å². The number of benzene rings is 1. The molecule has 0 fully saturated rings. The molecule has 1 unspecified atom stereocenters. The van der Waals surface area contributed by atoms with Gasteiger partial charge in [-0.1, -0.05) is 6.07 Å². The number of ether oxygens (including phenoxy) is 1. The summed E-state index contributed by atoms with van der Waals surface area (Å²) in [5.74, 6) is -0.540. The first kappa shape index (κ1) is 11.9. The number of rotatable bonds is 4. The quantitative estimate of drug-likeness (QED) is 0.802. The van der Waals surface area contributed by atoms with Gasteiger partial charge in [0.05, 0.1) is 18.4 Å². The first-order valence-electron chi connectivity index (χ1n) is 4.66. The predicted molar refractivity (Wildman–Crippen MR) is 58.4 cm³/mol. The molecule has 84 valence electrons. The molecule has 0 heterocycles. The highest BCUT2D eigenvalue weighted by Crippen LogP contribution is 2.28. The van der Waals surface area contributed by atoms with Gasteiger partial charge in [0.25, 0.3) is 0 Å². The fourth-order valence-corrected chi connectivity index (χ4v) is 1.22. The van der Waals surface area contributed by atoms with Crippen molar-refractivity contribution in [1.82, 2.24) is 0 Å². The standard InChI is InChI=1S/C11H12N2O3/c1-7(11(14)15)13-10-8(6-12)4-3-5-9(10)16-2/h3-5,7,13H,1-2H3,(H,14,15). The topological polar surface area (TPSA) is 82.3 Å². The maximum absolute atomic E-state index is 10.7. The molecule has 0 aliphatic carbocycles. The number of methoxy groups -OCH3 is 1. The minimum Gasteiger partial charge on any atom is -0.495 e. The maximum Gasteiger partial charge on any atom is 0.325 e. The van der Waals surface area contributed by atoms with Gasteiger partial charge in [-0.2, -0.15) is 5.26 Å². The molecule has 0 aromatic heterocycles. The molecule has 5 nitrogen and oxygen atoms in total. The van der Waals surface area contributed by atoms with E-state index in [2.05, 4.69) is 5.32 Å². The fourth-order valence-electron chi connectivity index (χ4n) is 1.22. The first-order valence-corrected chi connectivity index (χ1v) is 4.66. The van der Waals surface area contributed by atoms with E-state index in [-0.39, 0.29) is 0 Å². The number of carboxylic acid groups (broad SMARTS) is 1. The Kier molecular flexibility index (Phi) is 3.72. The normalized spacial score (nSPS) is 11.3. The Balaban J connectivity index is 3.10. The van der Waals surface area contributed by atoms with Gasteiger partial charge < -0.3 is 15.2 Å². The molecule has 0 spiro atoms. The van der Waals surface area contributed by atoms with Crippen LogP contribution < -0.4 is 10.1 Å². The van der Waals surface area contributed by atoms with Crippen LogP contribution in [0.4, 0.5) is 5.69 Å². The van der Waals surface area contributed by atoms with Crippen LogP contribution in [0, 0.1) is 11.3 Å². The average molecular weight is 220 g/mol. The van der Waals surface area contributed by atoms with Crippen LogP contribution in [0.3, 0.4) is 0 Å². The second-order valence-corrected chi connectivity index (χ2v) is 3.20. The minimum absolute atomic E-state index is 0.354. The van der Waals surface area contributed by atoms with E-state index in [1.54, 1.807) is 18.2 Å². The van der Waals surface area contributed by atoms with Crippen LogP contribution in [0.5, 0.6) is 5.75 Å². The van der Waals surface area contributed by atoms with E-state index in [1.807, 2.05) is 6.07 Å². The van der Waals surface area contributed by atoms with Crippen molar-refractivity contribution in [2.45, 2.75) is 13.0 Å². The third-order valence-electron chi connectivity index (χ3n) is 2.10. The second-order valence-electron chi connectivity index (χ2n) is 3.20. The van der Waals surface area contributed by atoms with Gasteiger partial charge in [-0.05, 0) is 19.1 Å². The van der Waals surface area contributed by atoms with Crippen LogP contribution in [0.2, 0.25) is 0 Å². The number of nitriles is 1. The molecule has 0 amide bonds. The van der Waals surface area contributed by atoms with Crippen molar-refractivity contribution in [1.29, 1.82) is 5.26 Å². The molecule has 0 saturated heterocycles. The number of aliphatic carboxylic acids is 1. The maximum atomic E-state index is 10.7. The summed E-state index contributed by atoms with van der Waals surface area (Å²) < 4.78 is 5.06. The monoisotopic (exact) mass is 220 g/mol. The van der Waals surface area contributed by atoms with Gasteiger partial charge >= 0.3 is 5.97 Å². The molecule has 1 atom stereocenters. The van der Waals surface area contributed by atoms with Crippen LogP contribution >= 0.6 is 0 Å². The Hall–Kier alpha value is -2.22. The summed E-state index contributed by atoms with van der Waals surface area (Å²) in [6, 6.07) is 6.13. The van der Waals surface area contributed by atoms with E-state index < -0.39 is 12.0 Å². The Morgan fingerprint density at radius 3 is 2.81 bits per heavy atom. The third-order valence-corrected chi connectivity index (χ3v) is 2.10. The van der Waals surface area contributed by atoms with Gasteiger partial charge in [-0.15, -0.1) is 0 Å². The smallest absolute Gasteiger partial charge is 0.325 e. The van der Waals surface area contributed by atoms with Crippen LogP contribution in [0.1, 0.15) is 12.5 Å². The van der Waals surface area contributed by atoms with Gasteiger partial charge in [-0.3, -0.25) is 4.79 Å². The lowest BCUT2D eigenvalue weighted by atomic mass is 10.1. The van der Waals surface area contributed by atoms with Crippen molar-refractivity contribution in [3.8, 4) is 11.8 Å². The molecule has 16 heavy (non-hydrogen) atoms. The van der Waals surface area contributed by atoms with Gasteiger partial charge in [0, 0.05) is 0 Å². The van der Waals surface area contributed by atoms with E-state index in [1.165, 1.54) is 14.0 Å². The van der Waals surface area contributed by atoms with Crippen LogP contribution in [0.15, 0.2) is 18.2 Å². The SMILES string of the molecule is COc1cccc(C#N)c1NC(C)C(=O)O. The summed E-state index contributed by atoms with van der Waals surface area (Å²) >= 11 is 0. The molecule has 0 bridgehead atoms. The molecule has 2 N–H and O–H groups in total. The highest BCUT2D eigenvalue weighted by atomic mass is 16.5. The number of para-hydroxylation sites is 1. The largest absolute Gasteiger partial charge is 0.495 e. The van der Waals surface area contributed by atoms with E-state index in [0.29, 0.717) is 17.0 Å². The number of hydrogen-bond acceptors (Lipinski definition) is 4. The number of carboxylic acids is 1. The lowest BCUT2D eigenvalue weighted by Crippen LogP contribution is -2.26. The molecule has 1 aromatic rings. The van der Waals surface area contributed by atoms with Crippen molar-refractivity contribution in [2.24, 2.45) is 0 Å².